The highest BCUT2D eigenvalue weighted by Gasteiger charge is 2.67. The first-order valence-electron chi connectivity index (χ1n) is 8.43. The fourth-order valence-corrected chi connectivity index (χ4v) is 5.00. The van der Waals surface area contributed by atoms with Gasteiger partial charge in [0.05, 0.1) is 5.54 Å². The Morgan fingerprint density at radius 3 is 1.92 bits per heavy atom. The zero-order valence-corrected chi connectivity index (χ0v) is 17.5. The highest BCUT2D eigenvalue weighted by Crippen LogP contribution is 2.47. The average Bonchev–Trinajstić information content (AvgIpc) is 2.61. The zero-order chi connectivity index (χ0) is 19.4. The monoisotopic (exact) mass is 359 g/mol. The molecule has 1 amide bonds. The van der Waals surface area contributed by atoms with Crippen LogP contribution in [-0.4, -0.2) is 53.7 Å². The molecule has 1 aliphatic heterocycles. The van der Waals surface area contributed by atoms with E-state index in [0.717, 1.165) is 0 Å². The minimum atomic E-state index is -2.14. The van der Waals surface area contributed by atoms with E-state index in [1.54, 1.807) is 20.8 Å². The predicted octanol–water partition coefficient (Wildman–Crippen LogP) is 2.58. The molecule has 1 unspecified atom stereocenters. The van der Waals surface area contributed by atoms with Crippen molar-refractivity contribution in [2.24, 2.45) is 0 Å². The van der Waals surface area contributed by atoms with E-state index in [0.29, 0.717) is 0 Å². The van der Waals surface area contributed by atoms with E-state index in [9.17, 15) is 19.8 Å². The Labute approximate surface area is 146 Å². The summed E-state index contributed by atoms with van der Waals surface area (Å²) in [5, 5.41) is 22.0. The van der Waals surface area contributed by atoms with Crippen molar-refractivity contribution in [1.82, 2.24) is 0 Å². The first kappa shape index (κ1) is 21.1. The molecule has 6 nitrogen and oxygen atoms in total. The van der Waals surface area contributed by atoms with Crippen LogP contribution in [0.5, 0.6) is 0 Å². The van der Waals surface area contributed by atoms with Crippen LogP contribution in [0.15, 0.2) is 0 Å². The molecule has 140 valence electrons. The van der Waals surface area contributed by atoms with Crippen molar-refractivity contribution in [3.63, 3.8) is 0 Å². The van der Waals surface area contributed by atoms with E-state index >= 15 is 0 Å². The highest BCUT2D eigenvalue weighted by molar-refractivity contribution is 6.74. The van der Waals surface area contributed by atoms with E-state index in [1.165, 1.54) is 6.92 Å². The van der Waals surface area contributed by atoms with Crippen molar-refractivity contribution < 1.29 is 28.7 Å². The summed E-state index contributed by atoms with van der Waals surface area (Å²) in [6.45, 7) is 17.4. The van der Waals surface area contributed by atoms with Crippen LogP contribution < -0.4 is 5.11 Å². The van der Waals surface area contributed by atoms with E-state index in [1.807, 2.05) is 0 Å². The molecule has 0 aliphatic carbocycles. The van der Waals surface area contributed by atoms with Gasteiger partial charge in [0.1, 0.15) is 12.6 Å². The van der Waals surface area contributed by atoms with Gasteiger partial charge in [-0.1, -0.05) is 20.8 Å². The summed E-state index contributed by atoms with van der Waals surface area (Å²) in [6.07, 6.45) is -1.60. The van der Waals surface area contributed by atoms with Gasteiger partial charge in [-0.3, -0.25) is 4.48 Å². The number of aliphatic carboxylic acids is 1. The molecule has 1 N–H and O–H groups in total. The minimum Gasteiger partial charge on any atom is -0.498 e. The largest absolute Gasteiger partial charge is 0.498 e. The second kappa shape index (κ2) is 5.81. The summed E-state index contributed by atoms with van der Waals surface area (Å²) in [4.78, 5) is 24.2. The minimum absolute atomic E-state index is 0.0336. The van der Waals surface area contributed by atoms with Gasteiger partial charge in [0, 0.05) is 13.3 Å². The zero-order valence-electron chi connectivity index (χ0n) is 16.5. The fourth-order valence-electron chi connectivity index (χ4n) is 3.66. The predicted molar refractivity (Wildman–Crippen MR) is 93.0 cm³/mol. The maximum absolute atomic E-state index is 12.2. The Morgan fingerprint density at radius 2 is 1.67 bits per heavy atom. The lowest BCUT2D eigenvalue weighted by atomic mass is 9.90. The van der Waals surface area contributed by atoms with Gasteiger partial charge in [-0.15, -0.1) is 0 Å². The van der Waals surface area contributed by atoms with Crippen LogP contribution in [0.4, 0.5) is 4.79 Å². The summed E-state index contributed by atoms with van der Waals surface area (Å²) in [5.74, 6) is -1.12. The van der Waals surface area contributed by atoms with Crippen molar-refractivity contribution in [2.45, 2.75) is 90.2 Å². The highest BCUT2D eigenvalue weighted by atomic mass is 28.4. The number of carboxylic acid groups (broad SMARTS) is 2. The Bertz CT molecular complexity index is 534. The molecule has 1 rings (SSSR count). The third-order valence-electron chi connectivity index (χ3n) is 6.13. The fraction of sp³-hybridized carbons (Fsp3) is 0.882. The number of quaternary nitrogens is 1. The first-order valence-corrected chi connectivity index (χ1v) is 11.3. The Hall–Kier alpha value is -0.923. The number of amides is 1. The average molecular weight is 360 g/mol. The summed E-state index contributed by atoms with van der Waals surface area (Å²) in [6, 6.07) is 0. The van der Waals surface area contributed by atoms with Crippen LogP contribution in [0.2, 0.25) is 18.1 Å². The van der Waals surface area contributed by atoms with Gasteiger partial charge in [-0.05, 0) is 38.9 Å². The van der Waals surface area contributed by atoms with Gasteiger partial charge >= 0.3 is 5.97 Å². The lowest BCUT2D eigenvalue weighted by molar-refractivity contribution is -0.944. The lowest BCUT2D eigenvalue weighted by Crippen LogP contribution is -2.76. The number of carbonyl (C=O) groups excluding carboxylic acids is 1. The smallest absolute Gasteiger partial charge is 0.366 e. The molecule has 24 heavy (non-hydrogen) atoms. The molecule has 7 heteroatoms. The summed E-state index contributed by atoms with van der Waals surface area (Å²) in [7, 11) is -2.14. The molecule has 0 radical (unpaired) electrons. The van der Waals surface area contributed by atoms with Gasteiger partial charge in [0.15, 0.2) is 8.32 Å². The van der Waals surface area contributed by atoms with Gasteiger partial charge in [0.2, 0.25) is 5.54 Å². The van der Waals surface area contributed by atoms with Crippen LogP contribution in [-0.2, 0) is 9.22 Å². The maximum atomic E-state index is 12.2. The molecule has 3 atom stereocenters. The Morgan fingerprint density at radius 1 is 1.21 bits per heavy atom. The number of rotatable bonds is 3. The van der Waals surface area contributed by atoms with Crippen LogP contribution in [0.25, 0.3) is 0 Å². The van der Waals surface area contributed by atoms with Crippen LogP contribution in [0, 0.1) is 0 Å². The van der Waals surface area contributed by atoms with Gasteiger partial charge in [0.25, 0.3) is 6.09 Å². The van der Waals surface area contributed by atoms with Crippen LogP contribution in [0.3, 0.4) is 0 Å². The molecule has 0 aromatic rings. The molecular formula is C17H33NO5Si. The SMILES string of the molecule is CC(C)(C)[N+]1(C(=O)[O-])C[C@@H](O[Si](C)(C)C(C)(C)C)C[C@@]1(C)C(=O)O. The molecule has 0 spiro atoms. The van der Waals surface area contributed by atoms with Crippen molar-refractivity contribution in [3.05, 3.63) is 0 Å². The molecule has 0 saturated carbocycles. The standard InChI is InChI=1S/C17H33NO5Si/c1-15(2,3)18(14(21)22)11-12(10-17(18,7)13(19)20)23-24(8,9)16(4,5)6/h12H,10-11H2,1-9H3,(H-,19,20,21,22)/t12-,17-,18?/m0/s1. The number of hydrogen-bond donors (Lipinski definition) is 1. The van der Waals surface area contributed by atoms with Crippen molar-refractivity contribution >= 4 is 20.4 Å². The van der Waals surface area contributed by atoms with E-state index in [2.05, 4.69) is 33.9 Å². The summed E-state index contributed by atoms with van der Waals surface area (Å²) < 4.78 is 5.75. The number of carboxylic acids is 1. The maximum Gasteiger partial charge on any atom is 0.366 e. The molecule has 0 bridgehead atoms. The number of likely N-dealkylation sites (tertiary alicyclic amines) is 1. The summed E-state index contributed by atoms with van der Waals surface area (Å²) in [5.41, 5.74) is -2.30. The molecule has 1 saturated heterocycles. The van der Waals surface area contributed by atoms with E-state index in [-0.39, 0.29) is 18.0 Å². The lowest BCUT2D eigenvalue weighted by Gasteiger charge is -2.52. The van der Waals surface area contributed by atoms with Gasteiger partial charge in [-0.2, -0.15) is 0 Å². The number of carbonyl (C=O) groups is 2. The Balaban J connectivity index is 3.38. The molecule has 0 aromatic carbocycles. The van der Waals surface area contributed by atoms with Crippen molar-refractivity contribution in [1.29, 1.82) is 0 Å². The van der Waals surface area contributed by atoms with Crippen molar-refractivity contribution in [3.8, 4) is 0 Å². The van der Waals surface area contributed by atoms with Gasteiger partial charge < -0.3 is 19.4 Å². The van der Waals surface area contributed by atoms with Crippen LogP contribution in [0.1, 0.15) is 54.9 Å². The molecule has 1 heterocycles. The first-order chi connectivity index (χ1) is 10.4. The normalized spacial score (nSPS) is 32.0. The second-order valence-corrected chi connectivity index (χ2v) is 14.5. The molecule has 1 aliphatic rings. The van der Waals surface area contributed by atoms with Crippen LogP contribution >= 0.6 is 0 Å². The van der Waals surface area contributed by atoms with Gasteiger partial charge in [-0.25, -0.2) is 4.79 Å². The summed E-state index contributed by atoms with van der Waals surface area (Å²) >= 11 is 0. The molecular weight excluding hydrogens is 326 g/mol. The third kappa shape index (κ3) is 3.02. The quantitative estimate of drug-likeness (QED) is 0.618. The van der Waals surface area contributed by atoms with Crippen molar-refractivity contribution in [2.75, 3.05) is 6.54 Å². The molecule has 0 aromatic heterocycles. The topological polar surface area (TPSA) is 86.7 Å². The number of nitrogens with zero attached hydrogens (tertiary/aromatic N) is 1. The number of hydrogen-bond acceptors (Lipinski definition) is 4. The van der Waals surface area contributed by atoms with E-state index in [4.69, 9.17) is 4.43 Å². The second-order valence-electron chi connectivity index (χ2n) is 9.71. The van der Waals surface area contributed by atoms with E-state index < -0.39 is 42.0 Å². The molecule has 1 fully saturated rings. The third-order valence-corrected chi connectivity index (χ3v) is 10.7. The Kier molecular flexibility index (Phi) is 5.11.